The lowest BCUT2D eigenvalue weighted by molar-refractivity contribution is -0.167. The normalized spacial score (nSPS) is 22.4. The summed E-state index contributed by atoms with van der Waals surface area (Å²) >= 11 is 0. The van der Waals surface area contributed by atoms with Crippen LogP contribution in [-0.4, -0.2) is 35.0 Å². The first-order valence-electron chi connectivity index (χ1n) is 6.63. The van der Waals surface area contributed by atoms with Crippen LogP contribution < -0.4 is 0 Å². The van der Waals surface area contributed by atoms with Gasteiger partial charge < -0.3 is 10.0 Å². The van der Waals surface area contributed by atoms with Gasteiger partial charge in [0, 0.05) is 13.1 Å². The third-order valence-corrected chi connectivity index (χ3v) is 4.40. The number of rotatable bonds is 5. The molecule has 2 aliphatic rings. The number of amides is 1. The predicted octanol–water partition coefficient (Wildman–Crippen LogP) is 1.89. The largest absolute Gasteiger partial charge is 0.480 e. The van der Waals surface area contributed by atoms with E-state index >= 15 is 0 Å². The van der Waals surface area contributed by atoms with Gasteiger partial charge in [-0.3, -0.25) is 9.59 Å². The summed E-state index contributed by atoms with van der Waals surface area (Å²) in [6, 6.07) is 0. The van der Waals surface area contributed by atoms with Gasteiger partial charge >= 0.3 is 5.97 Å². The summed E-state index contributed by atoms with van der Waals surface area (Å²) in [7, 11) is 0. The van der Waals surface area contributed by atoms with E-state index in [2.05, 4.69) is 0 Å². The van der Waals surface area contributed by atoms with Gasteiger partial charge in [0.1, 0.15) is 5.41 Å². The molecule has 0 aromatic carbocycles. The van der Waals surface area contributed by atoms with Gasteiger partial charge in [-0.2, -0.15) is 0 Å². The molecule has 0 aromatic heterocycles. The number of aliphatic carboxylic acids is 1. The Bertz CT molecular complexity index is 319. The van der Waals surface area contributed by atoms with Gasteiger partial charge in [-0.05, 0) is 38.5 Å². The molecule has 2 rings (SSSR count). The molecule has 0 atom stereocenters. The number of nitrogens with zero attached hydrogens (tertiary/aromatic N) is 1. The third-order valence-electron chi connectivity index (χ3n) is 4.40. The van der Waals surface area contributed by atoms with Gasteiger partial charge in [0.05, 0.1) is 0 Å². The summed E-state index contributed by atoms with van der Waals surface area (Å²) in [5.74, 6) is -0.476. The van der Waals surface area contributed by atoms with E-state index in [1.54, 1.807) is 4.90 Å². The molecule has 0 bridgehead atoms. The second-order valence-electron chi connectivity index (χ2n) is 5.38. The van der Waals surface area contributed by atoms with Crippen molar-refractivity contribution >= 4 is 11.9 Å². The fourth-order valence-electron chi connectivity index (χ4n) is 2.69. The van der Waals surface area contributed by atoms with E-state index in [1.165, 1.54) is 19.3 Å². The lowest BCUT2D eigenvalue weighted by atomic mass is 9.67. The lowest BCUT2D eigenvalue weighted by Gasteiger charge is -2.41. The smallest absolute Gasteiger partial charge is 0.319 e. The van der Waals surface area contributed by atoms with Crippen LogP contribution in [0.4, 0.5) is 0 Å². The average Bonchev–Trinajstić information content (AvgIpc) is 2.13. The molecule has 0 radical (unpaired) electrons. The molecule has 1 N–H and O–H groups in total. The summed E-state index contributed by atoms with van der Waals surface area (Å²) in [6.07, 6.45) is 5.51. The van der Waals surface area contributed by atoms with Crippen LogP contribution in [0.25, 0.3) is 0 Å². The Morgan fingerprint density at radius 3 is 2.24 bits per heavy atom. The van der Waals surface area contributed by atoms with Crippen LogP contribution in [0.15, 0.2) is 0 Å². The minimum absolute atomic E-state index is 0.148. The van der Waals surface area contributed by atoms with Crippen molar-refractivity contribution in [3.05, 3.63) is 0 Å². The highest BCUT2D eigenvalue weighted by Crippen LogP contribution is 2.43. The van der Waals surface area contributed by atoms with Crippen molar-refractivity contribution in [1.29, 1.82) is 0 Å². The predicted molar refractivity (Wildman–Crippen MR) is 63.5 cm³/mol. The van der Waals surface area contributed by atoms with Crippen LogP contribution in [0.2, 0.25) is 0 Å². The van der Waals surface area contributed by atoms with Crippen molar-refractivity contribution < 1.29 is 14.7 Å². The maximum atomic E-state index is 12.3. The van der Waals surface area contributed by atoms with Crippen molar-refractivity contribution in [2.45, 2.75) is 45.4 Å². The first-order valence-corrected chi connectivity index (χ1v) is 6.63. The van der Waals surface area contributed by atoms with Crippen molar-refractivity contribution in [3.63, 3.8) is 0 Å². The third kappa shape index (κ3) is 2.05. The number of hydrogen-bond acceptors (Lipinski definition) is 2. The molecule has 1 amide bonds. The zero-order chi connectivity index (χ0) is 12.5. The summed E-state index contributed by atoms with van der Waals surface area (Å²) < 4.78 is 0. The Labute approximate surface area is 102 Å². The van der Waals surface area contributed by atoms with Crippen molar-refractivity contribution in [1.82, 2.24) is 4.90 Å². The Morgan fingerprint density at radius 2 is 1.94 bits per heavy atom. The minimum atomic E-state index is -1.08. The van der Waals surface area contributed by atoms with Crippen molar-refractivity contribution in [2.75, 3.05) is 13.1 Å². The fraction of sp³-hybridized carbons (Fsp3) is 0.846. The fourth-order valence-corrected chi connectivity index (χ4v) is 2.69. The summed E-state index contributed by atoms with van der Waals surface area (Å²) in [6.45, 7) is 3.32. The van der Waals surface area contributed by atoms with Gasteiger partial charge in [-0.15, -0.1) is 0 Å². The molecule has 2 fully saturated rings. The molecule has 0 heterocycles. The van der Waals surface area contributed by atoms with E-state index in [9.17, 15) is 14.7 Å². The highest BCUT2D eigenvalue weighted by Gasteiger charge is 2.52. The molecule has 0 aromatic rings. The SMILES string of the molecule is CCN(CC1CCC1)C(=O)C1(C(=O)O)CCC1. The van der Waals surface area contributed by atoms with Crippen LogP contribution >= 0.6 is 0 Å². The maximum Gasteiger partial charge on any atom is 0.319 e. The van der Waals surface area contributed by atoms with E-state index in [4.69, 9.17) is 0 Å². The van der Waals surface area contributed by atoms with Gasteiger partial charge in [-0.25, -0.2) is 0 Å². The van der Waals surface area contributed by atoms with Gasteiger partial charge in [0.2, 0.25) is 5.91 Å². The molecule has 17 heavy (non-hydrogen) atoms. The Hall–Kier alpha value is -1.06. The topological polar surface area (TPSA) is 57.6 Å². The van der Waals surface area contributed by atoms with Crippen LogP contribution in [0.5, 0.6) is 0 Å². The van der Waals surface area contributed by atoms with Crippen molar-refractivity contribution in [2.24, 2.45) is 11.3 Å². The number of carboxylic acid groups (broad SMARTS) is 1. The molecule has 0 saturated heterocycles. The summed E-state index contributed by atoms with van der Waals surface area (Å²) in [4.78, 5) is 25.4. The molecule has 4 nitrogen and oxygen atoms in total. The first-order chi connectivity index (χ1) is 8.10. The van der Waals surface area contributed by atoms with Crippen LogP contribution in [0.3, 0.4) is 0 Å². The Balaban J connectivity index is 2.02. The quantitative estimate of drug-likeness (QED) is 0.745. The molecule has 0 aliphatic heterocycles. The zero-order valence-corrected chi connectivity index (χ0v) is 10.4. The van der Waals surface area contributed by atoms with E-state index in [0.717, 1.165) is 13.0 Å². The lowest BCUT2D eigenvalue weighted by Crippen LogP contribution is -2.53. The molecule has 96 valence electrons. The number of carboxylic acids is 1. The van der Waals surface area contributed by atoms with Crippen LogP contribution in [0, 0.1) is 11.3 Å². The van der Waals surface area contributed by atoms with Gasteiger partial charge in [0.15, 0.2) is 0 Å². The van der Waals surface area contributed by atoms with Crippen LogP contribution in [-0.2, 0) is 9.59 Å². The minimum Gasteiger partial charge on any atom is -0.480 e. The van der Waals surface area contributed by atoms with Gasteiger partial charge in [-0.1, -0.05) is 12.8 Å². The standard InChI is InChI=1S/C13H21NO3/c1-2-14(9-10-5-3-6-10)11(15)13(12(16)17)7-4-8-13/h10H,2-9H2,1H3,(H,16,17). The molecule has 0 spiro atoms. The molecule has 2 aliphatic carbocycles. The molecule has 4 heteroatoms. The summed E-state index contributed by atoms with van der Waals surface area (Å²) in [5, 5.41) is 9.26. The number of hydrogen-bond donors (Lipinski definition) is 1. The highest BCUT2D eigenvalue weighted by molar-refractivity contribution is 6.02. The van der Waals surface area contributed by atoms with Crippen molar-refractivity contribution in [3.8, 4) is 0 Å². The van der Waals surface area contributed by atoms with E-state index in [0.29, 0.717) is 25.3 Å². The molecular formula is C13H21NO3. The first kappa shape index (κ1) is 12.4. The highest BCUT2D eigenvalue weighted by atomic mass is 16.4. The summed E-state index contributed by atoms with van der Waals surface area (Å²) in [5.41, 5.74) is -1.08. The monoisotopic (exact) mass is 239 g/mol. The zero-order valence-electron chi connectivity index (χ0n) is 10.4. The average molecular weight is 239 g/mol. The van der Waals surface area contributed by atoms with Crippen LogP contribution in [0.1, 0.15) is 45.4 Å². The molecular weight excluding hydrogens is 218 g/mol. The van der Waals surface area contributed by atoms with E-state index in [-0.39, 0.29) is 5.91 Å². The molecule has 0 unspecified atom stereocenters. The second-order valence-corrected chi connectivity index (χ2v) is 5.38. The maximum absolute atomic E-state index is 12.3. The Kier molecular flexibility index (Phi) is 3.40. The van der Waals surface area contributed by atoms with E-state index in [1.807, 2.05) is 6.92 Å². The number of carbonyl (C=O) groups excluding carboxylic acids is 1. The van der Waals surface area contributed by atoms with Gasteiger partial charge in [0.25, 0.3) is 0 Å². The Morgan fingerprint density at radius 1 is 1.29 bits per heavy atom. The number of carbonyl (C=O) groups is 2. The molecule has 2 saturated carbocycles. The second kappa shape index (κ2) is 4.67. The van der Waals surface area contributed by atoms with E-state index < -0.39 is 11.4 Å².